The minimum Gasteiger partial charge on any atom is -0.496 e. The van der Waals surface area contributed by atoms with Crippen molar-refractivity contribution in [3.63, 3.8) is 0 Å². The summed E-state index contributed by atoms with van der Waals surface area (Å²) < 4.78 is 5.66. The van der Waals surface area contributed by atoms with Crippen LogP contribution in [-0.2, 0) is 4.79 Å². The number of ether oxygens (including phenoxy) is 1. The van der Waals surface area contributed by atoms with Gasteiger partial charge in [-0.3, -0.25) is 9.69 Å². The third kappa shape index (κ3) is 3.59. The lowest BCUT2D eigenvalue weighted by Crippen LogP contribution is -2.56. The molecule has 0 unspecified atom stereocenters. The second-order valence-corrected chi connectivity index (χ2v) is 8.45. The Hall–Kier alpha value is -1.59. The topological polar surface area (TPSA) is 53.0 Å². The maximum Gasteiger partial charge on any atom is 0.236 e. The molecule has 1 saturated carbocycles. The molecule has 4 rings (SSSR count). The van der Waals surface area contributed by atoms with Gasteiger partial charge in [-0.1, -0.05) is 31.0 Å². The number of methoxy groups -OCH3 is 1. The molecule has 3 atom stereocenters. The van der Waals surface area contributed by atoms with Gasteiger partial charge < -0.3 is 14.7 Å². The maximum absolute atomic E-state index is 12.9. The molecule has 0 bridgehead atoms. The van der Waals surface area contributed by atoms with Crippen molar-refractivity contribution < 1.29 is 14.6 Å². The average molecular weight is 373 g/mol. The number of benzene rings is 1. The summed E-state index contributed by atoms with van der Waals surface area (Å²) in [6.45, 7) is 2.98. The Bertz CT molecular complexity index is 673. The fourth-order valence-electron chi connectivity index (χ4n) is 5.48. The molecule has 1 aromatic carbocycles. The van der Waals surface area contributed by atoms with Gasteiger partial charge in [-0.15, -0.1) is 0 Å². The summed E-state index contributed by atoms with van der Waals surface area (Å²) in [6.07, 6.45) is 7.11. The molecule has 5 heteroatoms. The van der Waals surface area contributed by atoms with Crippen molar-refractivity contribution in [2.45, 2.75) is 56.6 Å². The first-order valence-electron chi connectivity index (χ1n) is 10.5. The maximum atomic E-state index is 12.9. The molecular weight excluding hydrogens is 340 g/mol. The molecule has 1 aromatic rings. The molecule has 1 aliphatic carbocycles. The fraction of sp³-hybridized carbons (Fsp3) is 0.682. The van der Waals surface area contributed by atoms with Gasteiger partial charge in [0.1, 0.15) is 5.75 Å². The van der Waals surface area contributed by atoms with E-state index in [2.05, 4.69) is 11.0 Å². The fourth-order valence-corrected chi connectivity index (χ4v) is 5.48. The van der Waals surface area contributed by atoms with Crippen LogP contribution in [0.4, 0.5) is 0 Å². The Labute approximate surface area is 162 Å². The molecule has 2 heterocycles. The minimum absolute atomic E-state index is 0.0340. The third-order valence-corrected chi connectivity index (χ3v) is 6.93. The van der Waals surface area contributed by atoms with E-state index in [1.807, 2.05) is 23.1 Å². The summed E-state index contributed by atoms with van der Waals surface area (Å²) in [5.74, 6) is 1.24. The largest absolute Gasteiger partial charge is 0.496 e. The molecule has 148 valence electrons. The number of hydrogen-bond acceptors (Lipinski definition) is 4. The third-order valence-electron chi connectivity index (χ3n) is 6.93. The van der Waals surface area contributed by atoms with Crippen LogP contribution >= 0.6 is 0 Å². The Balaban J connectivity index is 1.65. The first-order valence-corrected chi connectivity index (χ1v) is 10.5. The number of fused-ring (bicyclic) bond motifs is 1. The predicted molar refractivity (Wildman–Crippen MR) is 105 cm³/mol. The van der Waals surface area contributed by atoms with Crippen LogP contribution in [0.1, 0.15) is 56.6 Å². The van der Waals surface area contributed by atoms with E-state index in [9.17, 15) is 9.90 Å². The van der Waals surface area contributed by atoms with Crippen molar-refractivity contribution in [3.8, 4) is 5.75 Å². The summed E-state index contributed by atoms with van der Waals surface area (Å²) in [7, 11) is 1.70. The second kappa shape index (κ2) is 7.80. The van der Waals surface area contributed by atoms with Crippen LogP contribution < -0.4 is 4.74 Å². The highest BCUT2D eigenvalue weighted by Gasteiger charge is 2.50. The van der Waals surface area contributed by atoms with Crippen LogP contribution in [0.15, 0.2) is 24.3 Å². The number of carbonyl (C=O) groups is 1. The molecule has 0 aromatic heterocycles. The Morgan fingerprint density at radius 3 is 2.70 bits per heavy atom. The number of hydrogen-bond donors (Lipinski definition) is 1. The van der Waals surface area contributed by atoms with E-state index in [-0.39, 0.29) is 17.9 Å². The van der Waals surface area contributed by atoms with Crippen LogP contribution in [0.2, 0.25) is 0 Å². The van der Waals surface area contributed by atoms with Gasteiger partial charge >= 0.3 is 0 Å². The van der Waals surface area contributed by atoms with Crippen molar-refractivity contribution >= 4 is 5.91 Å². The van der Waals surface area contributed by atoms with E-state index < -0.39 is 5.60 Å². The summed E-state index contributed by atoms with van der Waals surface area (Å²) in [6, 6.07) is 8.16. The van der Waals surface area contributed by atoms with Gasteiger partial charge in [0.25, 0.3) is 0 Å². The number of rotatable bonds is 4. The molecule has 3 aliphatic rings. The highest BCUT2D eigenvalue weighted by Crippen LogP contribution is 2.50. The van der Waals surface area contributed by atoms with Crippen molar-refractivity contribution in [2.24, 2.45) is 5.92 Å². The predicted octanol–water partition coefficient (Wildman–Crippen LogP) is 2.99. The number of carbonyl (C=O) groups excluding carboxylic acids is 1. The number of para-hydroxylation sites is 1. The lowest BCUT2D eigenvalue weighted by molar-refractivity contribution is -0.144. The van der Waals surface area contributed by atoms with Gasteiger partial charge in [0.15, 0.2) is 0 Å². The number of piperidine rings is 1. The Kier molecular flexibility index (Phi) is 5.42. The first-order chi connectivity index (χ1) is 13.1. The zero-order valence-electron chi connectivity index (χ0n) is 16.4. The van der Waals surface area contributed by atoms with E-state index in [4.69, 9.17) is 4.74 Å². The molecule has 5 nitrogen and oxygen atoms in total. The van der Waals surface area contributed by atoms with Crippen molar-refractivity contribution in [2.75, 3.05) is 33.3 Å². The van der Waals surface area contributed by atoms with Gasteiger partial charge in [-0.2, -0.15) is 0 Å². The van der Waals surface area contributed by atoms with Gasteiger partial charge in [-0.25, -0.2) is 0 Å². The van der Waals surface area contributed by atoms with Crippen molar-refractivity contribution in [1.82, 2.24) is 9.80 Å². The molecule has 2 saturated heterocycles. The number of likely N-dealkylation sites (tertiary alicyclic amines) is 2. The van der Waals surface area contributed by atoms with Crippen LogP contribution in [-0.4, -0.2) is 59.7 Å². The number of aliphatic hydroxyl groups is 1. The molecule has 0 spiro atoms. The van der Waals surface area contributed by atoms with Crippen LogP contribution in [0.25, 0.3) is 0 Å². The van der Waals surface area contributed by atoms with Crippen LogP contribution in [0.3, 0.4) is 0 Å². The highest BCUT2D eigenvalue weighted by molar-refractivity contribution is 5.78. The van der Waals surface area contributed by atoms with Gasteiger partial charge in [0, 0.05) is 37.2 Å². The molecule has 1 amide bonds. The smallest absolute Gasteiger partial charge is 0.236 e. The summed E-state index contributed by atoms with van der Waals surface area (Å²) in [5, 5.41) is 11.4. The molecule has 2 aliphatic heterocycles. The van der Waals surface area contributed by atoms with E-state index >= 15 is 0 Å². The summed E-state index contributed by atoms with van der Waals surface area (Å²) in [5.41, 5.74) is 0.496. The summed E-state index contributed by atoms with van der Waals surface area (Å²) >= 11 is 0. The molecule has 1 N–H and O–H groups in total. The first kappa shape index (κ1) is 18.8. The number of nitrogens with zero attached hydrogens (tertiary/aromatic N) is 2. The monoisotopic (exact) mass is 372 g/mol. The zero-order chi connectivity index (χ0) is 18.9. The van der Waals surface area contributed by atoms with Gasteiger partial charge in [0.05, 0.1) is 19.3 Å². The minimum atomic E-state index is -0.614. The van der Waals surface area contributed by atoms with Crippen LogP contribution in [0.5, 0.6) is 5.75 Å². The Morgan fingerprint density at radius 1 is 1.15 bits per heavy atom. The molecular formula is C22H32N2O3. The normalized spacial score (nSPS) is 31.6. The second-order valence-electron chi connectivity index (χ2n) is 8.45. The molecule has 3 fully saturated rings. The number of amides is 1. The average Bonchev–Trinajstić information content (AvgIpc) is 3.23. The van der Waals surface area contributed by atoms with Gasteiger partial charge in [0.2, 0.25) is 5.91 Å². The molecule has 27 heavy (non-hydrogen) atoms. The SMILES string of the molecule is COc1ccccc1[C@@H]1[C@@H]2CCCC[C@@]2(O)CCN1CC(=O)N1CCCC1. The quantitative estimate of drug-likeness (QED) is 0.883. The highest BCUT2D eigenvalue weighted by atomic mass is 16.5. The lowest BCUT2D eigenvalue weighted by atomic mass is 9.66. The van der Waals surface area contributed by atoms with E-state index in [0.717, 1.165) is 75.9 Å². The van der Waals surface area contributed by atoms with Crippen molar-refractivity contribution in [1.29, 1.82) is 0 Å². The standard InChI is InChI=1S/C22H32N2O3/c1-27-19-10-3-2-8-17(19)21-18-9-4-5-11-22(18,26)12-15-24(21)16-20(25)23-13-6-7-14-23/h2-3,8,10,18,21,26H,4-7,9,11-16H2,1H3/t18-,21+,22+/m0/s1. The summed E-state index contributed by atoms with van der Waals surface area (Å²) in [4.78, 5) is 17.2. The van der Waals surface area contributed by atoms with Crippen LogP contribution in [0, 0.1) is 5.92 Å². The zero-order valence-corrected chi connectivity index (χ0v) is 16.4. The van der Waals surface area contributed by atoms with Crippen molar-refractivity contribution in [3.05, 3.63) is 29.8 Å². The van der Waals surface area contributed by atoms with E-state index in [1.165, 1.54) is 0 Å². The molecule has 0 radical (unpaired) electrons. The van der Waals surface area contributed by atoms with Gasteiger partial charge in [-0.05, 0) is 38.2 Å². The lowest BCUT2D eigenvalue weighted by Gasteiger charge is -2.52. The van der Waals surface area contributed by atoms with E-state index in [0.29, 0.717) is 6.54 Å². The van der Waals surface area contributed by atoms with E-state index in [1.54, 1.807) is 7.11 Å². The Morgan fingerprint density at radius 2 is 1.93 bits per heavy atom.